The summed E-state index contributed by atoms with van der Waals surface area (Å²) in [6, 6.07) is 11.5. The predicted molar refractivity (Wildman–Crippen MR) is 93.2 cm³/mol. The Balaban J connectivity index is 1.97. The highest BCUT2D eigenvalue weighted by Gasteiger charge is 2.44. The molecule has 0 radical (unpaired) electrons. The van der Waals surface area contributed by atoms with E-state index in [-0.39, 0.29) is 11.7 Å². The van der Waals surface area contributed by atoms with Gasteiger partial charge in [-0.2, -0.15) is 0 Å². The molecule has 0 aromatic heterocycles. The average Bonchev–Trinajstić information content (AvgIpc) is 3.06. The number of carbonyl (C=O) groups excluding carboxylic acids is 1. The monoisotopic (exact) mass is 347 g/mol. The molecule has 24 heavy (non-hydrogen) atoms. The lowest BCUT2D eigenvalue weighted by Crippen LogP contribution is -2.38. The first-order valence-electron chi connectivity index (χ1n) is 7.97. The van der Waals surface area contributed by atoms with Gasteiger partial charge in [-0.15, -0.1) is 0 Å². The van der Waals surface area contributed by atoms with Crippen LogP contribution in [0.2, 0.25) is 5.02 Å². The Morgan fingerprint density at radius 2 is 1.92 bits per heavy atom. The van der Waals surface area contributed by atoms with Crippen molar-refractivity contribution in [1.82, 2.24) is 0 Å². The van der Waals surface area contributed by atoms with E-state index in [1.54, 1.807) is 36.4 Å². The quantitative estimate of drug-likeness (QED) is 0.850. The molecule has 2 aromatic rings. The zero-order chi connectivity index (χ0) is 17.2. The number of ether oxygens (including phenoxy) is 1. The van der Waals surface area contributed by atoms with Gasteiger partial charge in [0.25, 0.3) is 0 Å². The molecule has 0 atom stereocenters. The summed E-state index contributed by atoms with van der Waals surface area (Å²) in [6.45, 7) is 0. The molecule has 1 amide bonds. The van der Waals surface area contributed by atoms with Crippen molar-refractivity contribution in [1.29, 1.82) is 0 Å². The summed E-state index contributed by atoms with van der Waals surface area (Å²) in [4.78, 5) is 13.1. The molecule has 126 valence electrons. The SMILES string of the molecule is COc1ccc(Cl)cc1NC(=O)C1(c2ccccc2F)CCCC1. The number of carbonyl (C=O) groups is 1. The van der Waals surface area contributed by atoms with E-state index in [0.29, 0.717) is 34.9 Å². The van der Waals surface area contributed by atoms with Crippen LogP contribution in [0.1, 0.15) is 31.2 Å². The molecule has 1 aliphatic rings. The van der Waals surface area contributed by atoms with Crippen LogP contribution in [-0.4, -0.2) is 13.0 Å². The zero-order valence-corrected chi connectivity index (χ0v) is 14.2. The highest BCUT2D eigenvalue weighted by Crippen LogP contribution is 2.43. The molecule has 2 aromatic carbocycles. The van der Waals surface area contributed by atoms with Crippen molar-refractivity contribution in [2.45, 2.75) is 31.1 Å². The lowest BCUT2D eigenvalue weighted by atomic mass is 9.77. The molecule has 1 saturated carbocycles. The number of nitrogens with one attached hydrogen (secondary N) is 1. The zero-order valence-electron chi connectivity index (χ0n) is 13.4. The van der Waals surface area contributed by atoms with Crippen LogP contribution in [0.4, 0.5) is 10.1 Å². The second-order valence-electron chi connectivity index (χ2n) is 6.07. The molecule has 1 fully saturated rings. The van der Waals surface area contributed by atoms with Gasteiger partial charge in [0.15, 0.2) is 0 Å². The van der Waals surface area contributed by atoms with Gasteiger partial charge < -0.3 is 10.1 Å². The summed E-state index contributed by atoms with van der Waals surface area (Å²) in [5.74, 6) is -0.0345. The van der Waals surface area contributed by atoms with E-state index in [4.69, 9.17) is 16.3 Å². The predicted octanol–water partition coefficient (Wildman–Crippen LogP) is 4.94. The van der Waals surface area contributed by atoms with E-state index < -0.39 is 5.41 Å². The van der Waals surface area contributed by atoms with Crippen LogP contribution >= 0.6 is 11.6 Å². The lowest BCUT2D eigenvalue weighted by molar-refractivity contribution is -0.121. The van der Waals surface area contributed by atoms with Gasteiger partial charge in [-0.1, -0.05) is 42.6 Å². The summed E-state index contributed by atoms with van der Waals surface area (Å²) in [5, 5.41) is 3.39. The van der Waals surface area contributed by atoms with E-state index in [0.717, 1.165) is 12.8 Å². The summed E-state index contributed by atoms with van der Waals surface area (Å²) in [7, 11) is 1.53. The van der Waals surface area contributed by atoms with Gasteiger partial charge in [0.2, 0.25) is 5.91 Å². The van der Waals surface area contributed by atoms with Crippen molar-refractivity contribution < 1.29 is 13.9 Å². The molecular formula is C19H19ClFNO2. The molecule has 0 spiro atoms. The molecule has 5 heteroatoms. The fourth-order valence-electron chi connectivity index (χ4n) is 3.47. The summed E-state index contributed by atoms with van der Waals surface area (Å²) in [5.41, 5.74) is 0.109. The normalized spacial score (nSPS) is 16.0. The maximum atomic E-state index is 14.4. The minimum absolute atomic E-state index is 0.217. The molecule has 0 aliphatic heterocycles. The molecule has 1 N–H and O–H groups in total. The fourth-order valence-corrected chi connectivity index (χ4v) is 3.64. The van der Waals surface area contributed by atoms with E-state index in [9.17, 15) is 9.18 Å². The van der Waals surface area contributed by atoms with Crippen molar-refractivity contribution in [2.24, 2.45) is 0 Å². The molecule has 0 unspecified atom stereocenters. The number of rotatable bonds is 4. The minimum Gasteiger partial charge on any atom is -0.495 e. The Bertz CT molecular complexity index is 757. The van der Waals surface area contributed by atoms with Crippen LogP contribution in [0.15, 0.2) is 42.5 Å². The van der Waals surface area contributed by atoms with Crippen LogP contribution in [-0.2, 0) is 10.2 Å². The summed E-state index contributed by atoms with van der Waals surface area (Å²) >= 11 is 6.03. The Morgan fingerprint density at radius 3 is 2.58 bits per heavy atom. The van der Waals surface area contributed by atoms with Gasteiger partial charge in [-0.05, 0) is 37.1 Å². The molecular weight excluding hydrogens is 329 g/mol. The van der Waals surface area contributed by atoms with Crippen molar-refractivity contribution in [2.75, 3.05) is 12.4 Å². The van der Waals surface area contributed by atoms with Gasteiger partial charge in [0, 0.05) is 10.6 Å². The second-order valence-corrected chi connectivity index (χ2v) is 6.50. The van der Waals surface area contributed by atoms with E-state index in [1.807, 2.05) is 0 Å². The highest BCUT2D eigenvalue weighted by molar-refractivity contribution is 6.31. The Morgan fingerprint density at radius 1 is 1.21 bits per heavy atom. The first-order chi connectivity index (χ1) is 11.6. The van der Waals surface area contributed by atoms with Crippen molar-refractivity contribution >= 4 is 23.2 Å². The van der Waals surface area contributed by atoms with Crippen LogP contribution in [0.3, 0.4) is 0 Å². The number of hydrogen-bond donors (Lipinski definition) is 1. The number of benzene rings is 2. The Labute approximate surface area is 145 Å². The molecule has 0 heterocycles. The maximum absolute atomic E-state index is 14.4. The van der Waals surface area contributed by atoms with Crippen molar-refractivity contribution in [3.63, 3.8) is 0 Å². The molecule has 0 saturated heterocycles. The highest BCUT2D eigenvalue weighted by atomic mass is 35.5. The topological polar surface area (TPSA) is 38.3 Å². The Kier molecular flexibility index (Phi) is 4.76. The number of methoxy groups -OCH3 is 1. The number of hydrogen-bond acceptors (Lipinski definition) is 2. The largest absolute Gasteiger partial charge is 0.495 e. The van der Waals surface area contributed by atoms with Crippen LogP contribution in [0, 0.1) is 5.82 Å². The first kappa shape index (κ1) is 16.8. The Hall–Kier alpha value is -2.07. The van der Waals surface area contributed by atoms with Crippen molar-refractivity contribution in [3.8, 4) is 5.75 Å². The number of amides is 1. The van der Waals surface area contributed by atoms with Crippen molar-refractivity contribution in [3.05, 3.63) is 58.9 Å². The lowest BCUT2D eigenvalue weighted by Gasteiger charge is -2.29. The minimum atomic E-state index is -0.849. The number of halogens is 2. The maximum Gasteiger partial charge on any atom is 0.235 e. The van der Waals surface area contributed by atoms with Gasteiger partial charge >= 0.3 is 0 Å². The van der Waals surface area contributed by atoms with E-state index >= 15 is 0 Å². The van der Waals surface area contributed by atoms with E-state index in [2.05, 4.69) is 5.32 Å². The molecule has 3 nitrogen and oxygen atoms in total. The van der Waals surface area contributed by atoms with Gasteiger partial charge in [-0.25, -0.2) is 4.39 Å². The van der Waals surface area contributed by atoms with Gasteiger partial charge in [0.1, 0.15) is 11.6 Å². The van der Waals surface area contributed by atoms with Gasteiger partial charge in [0.05, 0.1) is 18.2 Å². The second kappa shape index (κ2) is 6.81. The third-order valence-electron chi connectivity index (χ3n) is 4.69. The summed E-state index contributed by atoms with van der Waals surface area (Å²) < 4.78 is 19.6. The number of anilines is 1. The smallest absolute Gasteiger partial charge is 0.235 e. The van der Waals surface area contributed by atoms with Crippen LogP contribution < -0.4 is 10.1 Å². The fraction of sp³-hybridized carbons (Fsp3) is 0.316. The molecule has 0 bridgehead atoms. The third-order valence-corrected chi connectivity index (χ3v) is 4.93. The van der Waals surface area contributed by atoms with E-state index in [1.165, 1.54) is 13.2 Å². The van der Waals surface area contributed by atoms with Crippen LogP contribution in [0.5, 0.6) is 5.75 Å². The van der Waals surface area contributed by atoms with Crippen LogP contribution in [0.25, 0.3) is 0 Å². The molecule has 1 aliphatic carbocycles. The third kappa shape index (κ3) is 2.98. The molecule has 3 rings (SSSR count). The average molecular weight is 348 g/mol. The van der Waals surface area contributed by atoms with Gasteiger partial charge in [-0.3, -0.25) is 4.79 Å². The first-order valence-corrected chi connectivity index (χ1v) is 8.34. The summed E-state index contributed by atoms with van der Waals surface area (Å²) in [6.07, 6.45) is 3.05. The standard InChI is InChI=1S/C19H19ClFNO2/c1-24-17-9-8-13(20)12-16(17)22-18(23)19(10-4-5-11-19)14-6-2-3-7-15(14)21/h2-3,6-9,12H,4-5,10-11H2,1H3,(H,22,23).